The summed E-state index contributed by atoms with van der Waals surface area (Å²) in [5.74, 6) is 0.689. The highest BCUT2D eigenvalue weighted by atomic mass is 35.5. The topological polar surface area (TPSA) is 41.6 Å². The standard InChI is InChI=1S/C10H11ClN2O2/c1-15-7-2-3-8(11)9(6-7)13-5-4-12-10(13)14/h2-3,6H,4-5H2,1H3,(H,12,14). The molecule has 1 heterocycles. The Labute approximate surface area is 92.8 Å². The maximum atomic E-state index is 11.4. The predicted molar refractivity (Wildman–Crippen MR) is 58.7 cm³/mol. The summed E-state index contributed by atoms with van der Waals surface area (Å²) in [7, 11) is 1.58. The Morgan fingerprint density at radius 1 is 1.53 bits per heavy atom. The number of urea groups is 1. The summed E-state index contributed by atoms with van der Waals surface area (Å²) >= 11 is 6.02. The molecular formula is C10H11ClN2O2. The van der Waals surface area contributed by atoms with Crippen LogP contribution >= 0.6 is 11.6 Å². The molecule has 0 aliphatic carbocycles. The first-order valence-corrected chi connectivity index (χ1v) is 4.99. The van der Waals surface area contributed by atoms with Gasteiger partial charge in [-0.15, -0.1) is 0 Å². The average molecular weight is 227 g/mol. The molecule has 1 saturated heterocycles. The summed E-state index contributed by atoms with van der Waals surface area (Å²) in [5, 5.41) is 3.27. The van der Waals surface area contributed by atoms with Crippen LogP contribution in [-0.4, -0.2) is 26.2 Å². The van der Waals surface area contributed by atoms with Crippen molar-refractivity contribution in [2.75, 3.05) is 25.1 Å². The van der Waals surface area contributed by atoms with Gasteiger partial charge in [-0.3, -0.25) is 4.90 Å². The van der Waals surface area contributed by atoms with E-state index in [-0.39, 0.29) is 6.03 Å². The molecule has 1 aromatic rings. The lowest BCUT2D eigenvalue weighted by atomic mass is 10.3. The number of methoxy groups -OCH3 is 1. The van der Waals surface area contributed by atoms with Crippen LogP contribution in [0.1, 0.15) is 0 Å². The number of nitrogens with zero attached hydrogens (tertiary/aromatic N) is 1. The van der Waals surface area contributed by atoms with Gasteiger partial charge in [0.2, 0.25) is 0 Å². The number of ether oxygens (including phenoxy) is 1. The van der Waals surface area contributed by atoms with Crippen LogP contribution < -0.4 is 15.0 Å². The third-order valence-electron chi connectivity index (χ3n) is 2.30. The van der Waals surface area contributed by atoms with E-state index >= 15 is 0 Å². The number of benzene rings is 1. The van der Waals surface area contributed by atoms with E-state index in [1.54, 1.807) is 30.2 Å². The average Bonchev–Trinajstić information content (AvgIpc) is 2.65. The fourth-order valence-corrected chi connectivity index (χ4v) is 1.75. The van der Waals surface area contributed by atoms with Gasteiger partial charge >= 0.3 is 6.03 Å². The highest BCUT2D eigenvalue weighted by molar-refractivity contribution is 6.33. The zero-order valence-electron chi connectivity index (χ0n) is 8.29. The molecule has 0 atom stereocenters. The van der Waals surface area contributed by atoms with E-state index < -0.39 is 0 Å². The predicted octanol–water partition coefficient (Wildman–Crippen LogP) is 1.88. The van der Waals surface area contributed by atoms with Crippen LogP contribution in [0.25, 0.3) is 0 Å². The van der Waals surface area contributed by atoms with Crippen LogP contribution in [0.2, 0.25) is 5.02 Å². The lowest BCUT2D eigenvalue weighted by Crippen LogP contribution is -2.27. The second-order valence-electron chi connectivity index (χ2n) is 3.20. The second-order valence-corrected chi connectivity index (χ2v) is 3.61. The van der Waals surface area contributed by atoms with Crippen molar-refractivity contribution in [3.05, 3.63) is 23.2 Å². The molecule has 80 valence electrons. The van der Waals surface area contributed by atoms with E-state index in [9.17, 15) is 4.79 Å². The van der Waals surface area contributed by atoms with Gasteiger partial charge in [0.15, 0.2) is 0 Å². The Balaban J connectivity index is 2.37. The van der Waals surface area contributed by atoms with E-state index in [4.69, 9.17) is 16.3 Å². The number of carbonyl (C=O) groups is 1. The number of anilines is 1. The number of amides is 2. The molecule has 5 heteroatoms. The van der Waals surface area contributed by atoms with Crippen molar-refractivity contribution in [2.45, 2.75) is 0 Å². The number of hydrogen-bond donors (Lipinski definition) is 1. The van der Waals surface area contributed by atoms with Crippen LogP contribution in [0.3, 0.4) is 0 Å². The molecule has 0 bridgehead atoms. The fourth-order valence-electron chi connectivity index (χ4n) is 1.53. The van der Waals surface area contributed by atoms with E-state index in [1.165, 1.54) is 0 Å². The zero-order chi connectivity index (χ0) is 10.8. The van der Waals surface area contributed by atoms with Gasteiger partial charge in [-0.25, -0.2) is 4.79 Å². The molecule has 1 aliphatic heterocycles. The second kappa shape index (κ2) is 3.98. The largest absolute Gasteiger partial charge is 0.497 e. The monoisotopic (exact) mass is 226 g/mol. The maximum absolute atomic E-state index is 11.4. The summed E-state index contributed by atoms with van der Waals surface area (Å²) in [4.78, 5) is 13.0. The molecule has 15 heavy (non-hydrogen) atoms. The fraction of sp³-hybridized carbons (Fsp3) is 0.300. The lowest BCUT2D eigenvalue weighted by molar-refractivity contribution is 0.252. The van der Waals surface area contributed by atoms with Gasteiger partial charge in [-0.1, -0.05) is 11.6 Å². The molecule has 1 fully saturated rings. The minimum atomic E-state index is -0.120. The smallest absolute Gasteiger partial charge is 0.322 e. The van der Waals surface area contributed by atoms with Crippen molar-refractivity contribution >= 4 is 23.3 Å². The molecule has 0 unspecified atom stereocenters. The molecule has 1 aromatic carbocycles. The number of hydrogen-bond acceptors (Lipinski definition) is 2. The van der Waals surface area contributed by atoms with Crippen LogP contribution in [0.15, 0.2) is 18.2 Å². The first-order valence-electron chi connectivity index (χ1n) is 4.61. The molecule has 0 radical (unpaired) electrons. The van der Waals surface area contributed by atoms with Gasteiger partial charge in [0, 0.05) is 19.2 Å². The molecular weight excluding hydrogens is 216 g/mol. The van der Waals surface area contributed by atoms with Crippen molar-refractivity contribution in [3.8, 4) is 5.75 Å². The van der Waals surface area contributed by atoms with Crippen LogP contribution in [0.5, 0.6) is 5.75 Å². The first-order chi connectivity index (χ1) is 7.22. The Morgan fingerprint density at radius 2 is 2.33 bits per heavy atom. The summed E-state index contributed by atoms with van der Waals surface area (Å²) in [6, 6.07) is 5.12. The van der Waals surface area contributed by atoms with Gasteiger partial charge in [0.25, 0.3) is 0 Å². The third-order valence-corrected chi connectivity index (χ3v) is 2.62. The van der Waals surface area contributed by atoms with Gasteiger partial charge in [0.1, 0.15) is 5.75 Å². The third kappa shape index (κ3) is 1.85. The quantitative estimate of drug-likeness (QED) is 0.837. The van der Waals surface area contributed by atoms with Crippen molar-refractivity contribution < 1.29 is 9.53 Å². The van der Waals surface area contributed by atoms with Crippen molar-refractivity contribution in [1.82, 2.24) is 5.32 Å². The minimum absolute atomic E-state index is 0.120. The van der Waals surface area contributed by atoms with Gasteiger partial charge in [-0.05, 0) is 12.1 Å². The van der Waals surface area contributed by atoms with Crippen molar-refractivity contribution in [3.63, 3.8) is 0 Å². The summed E-state index contributed by atoms with van der Waals surface area (Å²) in [6.45, 7) is 1.28. The zero-order valence-corrected chi connectivity index (χ0v) is 9.04. The Morgan fingerprint density at radius 3 is 2.93 bits per heavy atom. The van der Waals surface area contributed by atoms with Gasteiger partial charge in [-0.2, -0.15) is 0 Å². The van der Waals surface area contributed by atoms with E-state index in [2.05, 4.69) is 5.32 Å². The van der Waals surface area contributed by atoms with Crippen LogP contribution in [0, 0.1) is 0 Å². The molecule has 0 aromatic heterocycles. The number of halogens is 1. The number of rotatable bonds is 2. The minimum Gasteiger partial charge on any atom is -0.497 e. The van der Waals surface area contributed by atoms with E-state index in [0.29, 0.717) is 29.5 Å². The Bertz CT molecular complexity index is 395. The van der Waals surface area contributed by atoms with E-state index in [0.717, 1.165) is 0 Å². The molecule has 2 rings (SSSR count). The molecule has 4 nitrogen and oxygen atoms in total. The Hall–Kier alpha value is -1.42. The summed E-state index contributed by atoms with van der Waals surface area (Å²) in [6.07, 6.45) is 0. The lowest BCUT2D eigenvalue weighted by Gasteiger charge is -2.16. The maximum Gasteiger partial charge on any atom is 0.322 e. The highest BCUT2D eigenvalue weighted by Crippen LogP contribution is 2.30. The van der Waals surface area contributed by atoms with Crippen LogP contribution in [-0.2, 0) is 0 Å². The summed E-state index contributed by atoms with van der Waals surface area (Å²) in [5.41, 5.74) is 0.686. The number of carbonyl (C=O) groups excluding carboxylic acids is 1. The SMILES string of the molecule is COc1ccc(Cl)c(N2CCNC2=O)c1. The number of nitrogens with one attached hydrogen (secondary N) is 1. The molecule has 1 N–H and O–H groups in total. The van der Waals surface area contributed by atoms with Gasteiger partial charge < -0.3 is 10.1 Å². The van der Waals surface area contributed by atoms with E-state index in [1.807, 2.05) is 0 Å². The van der Waals surface area contributed by atoms with Crippen molar-refractivity contribution in [1.29, 1.82) is 0 Å². The van der Waals surface area contributed by atoms with Gasteiger partial charge in [0.05, 0.1) is 17.8 Å². The molecule has 2 amide bonds. The normalized spacial score (nSPS) is 15.3. The van der Waals surface area contributed by atoms with Crippen LogP contribution in [0.4, 0.5) is 10.5 Å². The molecule has 1 aliphatic rings. The summed E-state index contributed by atoms with van der Waals surface area (Å²) < 4.78 is 5.09. The van der Waals surface area contributed by atoms with Crippen molar-refractivity contribution in [2.24, 2.45) is 0 Å². The first kappa shape index (κ1) is 10.1. The molecule has 0 saturated carbocycles. The molecule has 0 spiro atoms. The highest BCUT2D eigenvalue weighted by Gasteiger charge is 2.23. The Kier molecular flexibility index (Phi) is 2.68.